The molecule has 0 spiro atoms. The van der Waals surface area contributed by atoms with E-state index < -0.39 is 0 Å². The summed E-state index contributed by atoms with van der Waals surface area (Å²) in [4.78, 5) is 0. The zero-order valence-corrected chi connectivity index (χ0v) is 29.5. The highest BCUT2D eigenvalue weighted by molar-refractivity contribution is 6.16. The minimum absolute atomic E-state index is 0.577. The molecule has 11 rings (SSSR count). The second-order valence-electron chi connectivity index (χ2n) is 14.0. The molecule has 0 N–H and O–H groups in total. The van der Waals surface area contributed by atoms with Crippen LogP contribution in [0.4, 0.5) is 0 Å². The smallest absolute Gasteiger partial charge is 0.0992 e. The van der Waals surface area contributed by atoms with E-state index in [1.807, 2.05) is 36.4 Å². The van der Waals surface area contributed by atoms with Crippen LogP contribution in [0.3, 0.4) is 0 Å². The molecule has 0 fully saturated rings. The lowest BCUT2D eigenvalue weighted by Gasteiger charge is -2.16. The molecule has 254 valence electrons. The van der Waals surface area contributed by atoms with E-state index in [9.17, 15) is 10.5 Å². The van der Waals surface area contributed by atoms with E-state index >= 15 is 0 Å². The van der Waals surface area contributed by atoms with Gasteiger partial charge in [0.15, 0.2) is 0 Å². The lowest BCUT2D eigenvalue weighted by molar-refractivity contribution is 1.16. The fraction of sp³-hybridized carbons (Fsp3) is 0. The van der Waals surface area contributed by atoms with Crippen LogP contribution in [0.2, 0.25) is 0 Å². The average molecular weight is 700 g/mol. The van der Waals surface area contributed by atoms with Crippen LogP contribution < -0.4 is 0 Å². The summed E-state index contributed by atoms with van der Waals surface area (Å²) >= 11 is 0. The van der Waals surface area contributed by atoms with Gasteiger partial charge in [0.2, 0.25) is 0 Å². The fourth-order valence-corrected chi connectivity index (χ4v) is 8.82. The van der Waals surface area contributed by atoms with Gasteiger partial charge in [-0.3, -0.25) is 0 Å². The fourth-order valence-electron chi connectivity index (χ4n) is 8.82. The summed E-state index contributed by atoms with van der Waals surface area (Å²) in [6.45, 7) is 0. The Balaban J connectivity index is 1.18. The largest absolute Gasteiger partial charge is 0.309 e. The van der Waals surface area contributed by atoms with Crippen molar-refractivity contribution in [2.45, 2.75) is 0 Å². The Morgan fingerprint density at radius 3 is 1.53 bits per heavy atom. The molecule has 8 aromatic carbocycles. The molecule has 0 aliphatic rings. The molecule has 0 aliphatic carbocycles. The van der Waals surface area contributed by atoms with Gasteiger partial charge in [-0.15, -0.1) is 0 Å². The maximum absolute atomic E-state index is 10.5. The van der Waals surface area contributed by atoms with Crippen molar-refractivity contribution in [3.05, 3.63) is 187 Å². The third-order valence-corrected chi connectivity index (χ3v) is 11.1. The second-order valence-corrected chi connectivity index (χ2v) is 14.0. The summed E-state index contributed by atoms with van der Waals surface area (Å²) in [5.41, 5.74) is 12.7. The van der Waals surface area contributed by atoms with Gasteiger partial charge in [0.1, 0.15) is 0 Å². The monoisotopic (exact) mass is 699 g/mol. The molecular formula is C50H29N5. The summed E-state index contributed by atoms with van der Waals surface area (Å²) in [7, 11) is 0. The highest BCUT2D eigenvalue weighted by Crippen LogP contribution is 2.42. The Morgan fingerprint density at radius 2 is 0.855 bits per heavy atom. The van der Waals surface area contributed by atoms with E-state index in [1.54, 1.807) is 0 Å². The van der Waals surface area contributed by atoms with Crippen LogP contribution in [-0.2, 0) is 0 Å². The quantitative estimate of drug-likeness (QED) is 0.184. The van der Waals surface area contributed by atoms with Crippen LogP contribution in [0.5, 0.6) is 0 Å². The van der Waals surface area contributed by atoms with Crippen LogP contribution >= 0.6 is 0 Å². The molecule has 0 bridgehead atoms. The van der Waals surface area contributed by atoms with Crippen molar-refractivity contribution in [1.29, 1.82) is 10.5 Å². The number of nitrogens with zero attached hydrogens (tertiary/aromatic N) is 5. The molecule has 0 radical (unpaired) electrons. The van der Waals surface area contributed by atoms with Gasteiger partial charge in [0.05, 0.1) is 67.7 Å². The molecule has 11 aromatic rings. The summed E-state index contributed by atoms with van der Waals surface area (Å²) in [5, 5.41) is 27.1. The highest BCUT2D eigenvalue weighted by Gasteiger charge is 2.21. The lowest BCUT2D eigenvalue weighted by Crippen LogP contribution is -2.00. The van der Waals surface area contributed by atoms with Gasteiger partial charge in [0, 0.05) is 43.6 Å². The second kappa shape index (κ2) is 11.8. The number of rotatable bonds is 4. The Hall–Kier alpha value is -7.86. The number of nitriles is 2. The summed E-state index contributed by atoms with van der Waals surface area (Å²) < 4.78 is 6.97. The van der Waals surface area contributed by atoms with Crippen molar-refractivity contribution in [2.75, 3.05) is 0 Å². The van der Waals surface area contributed by atoms with E-state index in [2.05, 4.69) is 165 Å². The molecule has 0 atom stereocenters. The third kappa shape index (κ3) is 4.45. The number of fused-ring (bicyclic) bond motifs is 9. The van der Waals surface area contributed by atoms with E-state index in [4.69, 9.17) is 0 Å². The number of benzene rings is 8. The zero-order valence-electron chi connectivity index (χ0n) is 29.5. The molecule has 5 heteroatoms. The number of hydrogen-bond acceptors (Lipinski definition) is 2. The Labute approximate surface area is 316 Å². The SMILES string of the molecule is N#Cc1cc(-c2ccccc2-n2c3ccccc3c3cc(C#N)ccc32)cc(-n2c3ccccc3c3c(-n4c5ccccc5c5ccccc54)cccc32)c1. The summed E-state index contributed by atoms with van der Waals surface area (Å²) in [6.07, 6.45) is 0. The molecule has 5 nitrogen and oxygen atoms in total. The molecule has 3 aromatic heterocycles. The van der Waals surface area contributed by atoms with Crippen molar-refractivity contribution < 1.29 is 0 Å². The van der Waals surface area contributed by atoms with Crippen molar-refractivity contribution in [3.8, 4) is 40.3 Å². The molecule has 0 aliphatic heterocycles. The van der Waals surface area contributed by atoms with Crippen LogP contribution in [0.25, 0.3) is 93.6 Å². The number of para-hydroxylation sites is 5. The number of aromatic nitrogens is 3. The normalized spacial score (nSPS) is 11.6. The third-order valence-electron chi connectivity index (χ3n) is 11.1. The van der Waals surface area contributed by atoms with Gasteiger partial charge in [0.25, 0.3) is 0 Å². The lowest BCUT2D eigenvalue weighted by atomic mass is 10.00. The highest BCUT2D eigenvalue weighted by atomic mass is 15.0. The number of hydrogen-bond donors (Lipinski definition) is 0. The molecule has 0 saturated heterocycles. The predicted molar refractivity (Wildman–Crippen MR) is 224 cm³/mol. The topological polar surface area (TPSA) is 62.4 Å². The van der Waals surface area contributed by atoms with Gasteiger partial charge in [-0.05, 0) is 84.4 Å². The Bertz CT molecular complexity index is 3420. The summed E-state index contributed by atoms with van der Waals surface area (Å²) in [5.74, 6) is 0. The molecule has 0 amide bonds. The van der Waals surface area contributed by atoms with Crippen molar-refractivity contribution in [2.24, 2.45) is 0 Å². The first-order valence-electron chi connectivity index (χ1n) is 18.3. The minimum atomic E-state index is 0.577. The van der Waals surface area contributed by atoms with Crippen molar-refractivity contribution in [1.82, 2.24) is 13.7 Å². The predicted octanol–water partition coefficient (Wildman–Crippen LogP) is 12.4. The van der Waals surface area contributed by atoms with Crippen LogP contribution in [0.1, 0.15) is 11.1 Å². The van der Waals surface area contributed by atoms with Crippen molar-refractivity contribution in [3.63, 3.8) is 0 Å². The molecule has 55 heavy (non-hydrogen) atoms. The van der Waals surface area contributed by atoms with E-state index in [0.717, 1.165) is 82.8 Å². The van der Waals surface area contributed by atoms with Gasteiger partial charge in [-0.1, -0.05) is 97.1 Å². The first kappa shape index (κ1) is 30.7. The maximum Gasteiger partial charge on any atom is 0.0992 e. The van der Waals surface area contributed by atoms with Gasteiger partial charge in [-0.25, -0.2) is 0 Å². The first-order valence-corrected chi connectivity index (χ1v) is 18.3. The van der Waals surface area contributed by atoms with Gasteiger partial charge < -0.3 is 13.7 Å². The van der Waals surface area contributed by atoms with Gasteiger partial charge in [-0.2, -0.15) is 10.5 Å². The molecule has 0 saturated carbocycles. The van der Waals surface area contributed by atoms with E-state index in [-0.39, 0.29) is 0 Å². The van der Waals surface area contributed by atoms with E-state index in [1.165, 1.54) is 10.8 Å². The van der Waals surface area contributed by atoms with Crippen LogP contribution in [-0.4, -0.2) is 13.7 Å². The minimum Gasteiger partial charge on any atom is -0.309 e. The molecular weight excluding hydrogens is 671 g/mol. The summed E-state index contributed by atoms with van der Waals surface area (Å²) in [6, 6.07) is 65.9. The average Bonchev–Trinajstić information content (AvgIpc) is 3.89. The van der Waals surface area contributed by atoms with Gasteiger partial charge >= 0.3 is 0 Å². The van der Waals surface area contributed by atoms with Crippen molar-refractivity contribution >= 4 is 65.4 Å². The first-order chi connectivity index (χ1) is 27.2. The zero-order chi connectivity index (χ0) is 36.6. The van der Waals surface area contributed by atoms with Crippen LogP contribution in [0, 0.1) is 22.7 Å². The Morgan fingerprint density at radius 1 is 0.345 bits per heavy atom. The Kier molecular flexibility index (Phi) is 6.61. The molecule has 3 heterocycles. The molecule has 0 unspecified atom stereocenters. The maximum atomic E-state index is 10.5. The standard InChI is InChI=1S/C50H29N5/c51-30-32-24-25-47-41(28-32)39-15-4-9-20-45(39)54(47)42-17-6-1-12-36(42)34-26-33(31-52)27-35(29-34)53-46-21-10-5-16-40(46)50-48(53)22-11-23-49(50)55-43-18-7-2-13-37(43)38-14-3-8-19-44(38)55/h1-29H. The van der Waals surface area contributed by atoms with E-state index in [0.29, 0.717) is 11.1 Å². The van der Waals surface area contributed by atoms with Crippen LogP contribution in [0.15, 0.2) is 176 Å².